The lowest BCUT2D eigenvalue weighted by Crippen LogP contribution is -2.46. The van der Waals surface area contributed by atoms with E-state index in [2.05, 4.69) is 20.9 Å². The summed E-state index contributed by atoms with van der Waals surface area (Å²) >= 11 is 0. The number of carbonyl (C=O) groups excluding carboxylic acids is 1. The number of nitrogens with one attached hydrogen (secondary N) is 3. The zero-order valence-corrected chi connectivity index (χ0v) is 18.3. The normalized spacial score (nSPS) is 21.6. The number of halogens is 4. The van der Waals surface area contributed by atoms with E-state index in [1.807, 2.05) is 27.7 Å². The van der Waals surface area contributed by atoms with Crippen molar-refractivity contribution in [1.29, 1.82) is 0 Å². The molecule has 0 aliphatic heterocycles. The zero-order valence-electron chi connectivity index (χ0n) is 16.0. The first-order chi connectivity index (χ1) is 11.5. The first kappa shape index (κ1) is 25.3. The summed E-state index contributed by atoms with van der Waals surface area (Å²) in [5.41, 5.74) is -0.441. The van der Waals surface area contributed by atoms with Crippen LogP contribution in [-0.2, 0) is 4.79 Å². The summed E-state index contributed by atoms with van der Waals surface area (Å²) in [7, 11) is 0. The van der Waals surface area contributed by atoms with Crippen LogP contribution in [0.25, 0.3) is 0 Å². The lowest BCUT2D eigenvalue weighted by Gasteiger charge is -2.31. The molecular weight excluding hydrogens is 460 g/mol. The number of aliphatic imine (C=N–C) groups is 1. The quantitative estimate of drug-likeness (QED) is 0.239. The number of amides is 1. The van der Waals surface area contributed by atoms with E-state index < -0.39 is 17.5 Å². The molecule has 0 aromatic heterocycles. The van der Waals surface area contributed by atoms with Gasteiger partial charge >= 0.3 is 6.18 Å². The van der Waals surface area contributed by atoms with Crippen molar-refractivity contribution in [2.24, 2.45) is 16.3 Å². The maximum Gasteiger partial charge on any atom is 0.391 e. The molecule has 0 aromatic carbocycles. The fraction of sp³-hybridized carbons (Fsp3) is 0.882. The summed E-state index contributed by atoms with van der Waals surface area (Å²) < 4.78 is 38.1. The summed E-state index contributed by atoms with van der Waals surface area (Å²) in [5.74, 6) is -0.633. The maximum absolute atomic E-state index is 12.7. The van der Waals surface area contributed by atoms with E-state index in [4.69, 9.17) is 0 Å². The van der Waals surface area contributed by atoms with E-state index in [1.165, 1.54) is 0 Å². The van der Waals surface area contributed by atoms with Crippen LogP contribution in [0.2, 0.25) is 0 Å². The number of rotatable bonds is 5. The summed E-state index contributed by atoms with van der Waals surface area (Å²) in [4.78, 5) is 16.2. The van der Waals surface area contributed by atoms with Crippen LogP contribution in [0.15, 0.2) is 4.99 Å². The highest BCUT2D eigenvalue weighted by atomic mass is 127. The Morgan fingerprint density at radius 2 is 1.65 bits per heavy atom. The number of guanidine groups is 1. The van der Waals surface area contributed by atoms with Crippen molar-refractivity contribution in [3.05, 3.63) is 0 Å². The second-order valence-electron chi connectivity index (χ2n) is 7.50. The molecule has 0 radical (unpaired) electrons. The van der Waals surface area contributed by atoms with Gasteiger partial charge in [-0.2, -0.15) is 13.2 Å². The van der Waals surface area contributed by atoms with Crippen molar-refractivity contribution in [2.45, 2.75) is 65.6 Å². The van der Waals surface area contributed by atoms with Crippen molar-refractivity contribution >= 4 is 35.8 Å². The first-order valence-corrected chi connectivity index (χ1v) is 8.94. The Labute approximate surface area is 171 Å². The van der Waals surface area contributed by atoms with Crippen LogP contribution in [0.1, 0.15) is 53.4 Å². The summed E-state index contributed by atoms with van der Waals surface area (Å²) in [5, 5.41) is 9.12. The Hall–Kier alpha value is -0.740. The predicted octanol–water partition coefficient (Wildman–Crippen LogP) is 3.44. The van der Waals surface area contributed by atoms with E-state index in [0.29, 0.717) is 38.4 Å². The Balaban J connectivity index is 0.00000625. The molecule has 0 bridgehead atoms. The van der Waals surface area contributed by atoms with Gasteiger partial charge in [0.15, 0.2) is 5.96 Å². The van der Waals surface area contributed by atoms with Gasteiger partial charge in [0.25, 0.3) is 0 Å². The molecule has 0 aromatic rings. The molecular formula is C17H32F3IN4O. The molecule has 0 saturated heterocycles. The van der Waals surface area contributed by atoms with Crippen molar-refractivity contribution in [3.63, 3.8) is 0 Å². The van der Waals surface area contributed by atoms with Gasteiger partial charge < -0.3 is 16.0 Å². The van der Waals surface area contributed by atoms with Gasteiger partial charge in [-0.05, 0) is 32.6 Å². The number of hydrogen-bond acceptors (Lipinski definition) is 2. The highest BCUT2D eigenvalue weighted by Crippen LogP contribution is 2.37. The van der Waals surface area contributed by atoms with E-state index in [0.717, 1.165) is 0 Å². The SMILES string of the molecule is CCNC(=NCCNC(=O)C(C)(C)C)NC1CCC(C(F)(F)F)CC1.I. The fourth-order valence-electron chi connectivity index (χ4n) is 2.68. The van der Waals surface area contributed by atoms with E-state index in [1.54, 1.807) is 0 Å². The van der Waals surface area contributed by atoms with Crippen LogP contribution in [0.3, 0.4) is 0 Å². The average Bonchev–Trinajstić information content (AvgIpc) is 2.50. The highest BCUT2D eigenvalue weighted by Gasteiger charge is 2.41. The molecule has 1 fully saturated rings. The summed E-state index contributed by atoms with van der Waals surface area (Å²) in [6.45, 7) is 8.96. The fourth-order valence-corrected chi connectivity index (χ4v) is 2.68. The molecule has 5 nitrogen and oxygen atoms in total. The molecule has 9 heteroatoms. The lowest BCUT2D eigenvalue weighted by molar-refractivity contribution is -0.182. The summed E-state index contributed by atoms with van der Waals surface area (Å²) in [6, 6.07) is 0.000524. The zero-order chi connectivity index (χ0) is 19.1. The van der Waals surface area contributed by atoms with E-state index in [-0.39, 0.29) is 48.8 Å². The second-order valence-corrected chi connectivity index (χ2v) is 7.50. The summed E-state index contributed by atoms with van der Waals surface area (Å²) in [6.07, 6.45) is -2.82. The molecule has 1 rings (SSSR count). The van der Waals surface area contributed by atoms with Gasteiger partial charge in [0.05, 0.1) is 12.5 Å². The number of carbonyl (C=O) groups is 1. The third-order valence-corrected chi connectivity index (χ3v) is 4.22. The van der Waals surface area contributed by atoms with Crippen LogP contribution in [0, 0.1) is 11.3 Å². The van der Waals surface area contributed by atoms with Crippen LogP contribution < -0.4 is 16.0 Å². The molecule has 0 unspecified atom stereocenters. The minimum absolute atomic E-state index is 0. The number of alkyl halides is 3. The van der Waals surface area contributed by atoms with Gasteiger partial charge in [-0.1, -0.05) is 20.8 Å². The Bertz CT molecular complexity index is 456. The lowest BCUT2D eigenvalue weighted by atomic mass is 9.85. The highest BCUT2D eigenvalue weighted by molar-refractivity contribution is 14.0. The second kappa shape index (κ2) is 11.2. The van der Waals surface area contributed by atoms with Gasteiger partial charge in [-0.25, -0.2) is 0 Å². The molecule has 0 atom stereocenters. The standard InChI is InChI=1S/C17H31F3N4O.HI/c1-5-21-15(23-11-10-22-14(25)16(2,3)4)24-13-8-6-12(7-9-13)17(18,19)20;/h12-13H,5-11H2,1-4H3,(H,22,25)(H2,21,23,24);1H. The van der Waals surface area contributed by atoms with Gasteiger partial charge in [0, 0.05) is 24.5 Å². The Morgan fingerprint density at radius 3 is 2.12 bits per heavy atom. The smallest absolute Gasteiger partial charge is 0.357 e. The number of nitrogens with zero attached hydrogens (tertiary/aromatic N) is 1. The molecule has 3 N–H and O–H groups in total. The molecule has 26 heavy (non-hydrogen) atoms. The molecule has 0 spiro atoms. The van der Waals surface area contributed by atoms with Gasteiger partial charge in [0.1, 0.15) is 0 Å². The molecule has 1 aliphatic rings. The minimum atomic E-state index is -4.09. The molecule has 1 amide bonds. The predicted molar refractivity (Wildman–Crippen MR) is 109 cm³/mol. The molecule has 1 saturated carbocycles. The van der Waals surface area contributed by atoms with Crippen molar-refractivity contribution < 1.29 is 18.0 Å². The minimum Gasteiger partial charge on any atom is -0.357 e. The largest absolute Gasteiger partial charge is 0.391 e. The topological polar surface area (TPSA) is 65.5 Å². The number of hydrogen-bond donors (Lipinski definition) is 3. The van der Waals surface area contributed by atoms with Crippen LogP contribution >= 0.6 is 24.0 Å². The average molecular weight is 492 g/mol. The van der Waals surface area contributed by atoms with Gasteiger partial charge in [-0.15, -0.1) is 24.0 Å². The third kappa shape index (κ3) is 9.27. The maximum atomic E-state index is 12.7. The monoisotopic (exact) mass is 492 g/mol. The van der Waals surface area contributed by atoms with Gasteiger partial charge in [0.2, 0.25) is 5.91 Å². The van der Waals surface area contributed by atoms with Crippen molar-refractivity contribution in [1.82, 2.24) is 16.0 Å². The van der Waals surface area contributed by atoms with Crippen molar-refractivity contribution in [2.75, 3.05) is 19.6 Å². The third-order valence-electron chi connectivity index (χ3n) is 4.22. The van der Waals surface area contributed by atoms with Crippen LogP contribution in [0.4, 0.5) is 13.2 Å². The molecule has 1 aliphatic carbocycles. The van der Waals surface area contributed by atoms with Crippen molar-refractivity contribution in [3.8, 4) is 0 Å². The Morgan fingerprint density at radius 1 is 1.08 bits per heavy atom. The van der Waals surface area contributed by atoms with E-state index in [9.17, 15) is 18.0 Å². The molecule has 0 heterocycles. The molecule has 154 valence electrons. The Kier molecular flexibility index (Phi) is 10.9. The van der Waals surface area contributed by atoms with Gasteiger partial charge in [-0.3, -0.25) is 9.79 Å². The van der Waals surface area contributed by atoms with Crippen LogP contribution in [-0.4, -0.2) is 43.7 Å². The van der Waals surface area contributed by atoms with Crippen LogP contribution in [0.5, 0.6) is 0 Å². The van der Waals surface area contributed by atoms with E-state index >= 15 is 0 Å². The first-order valence-electron chi connectivity index (χ1n) is 8.94.